The van der Waals surface area contributed by atoms with Gasteiger partial charge in [0.2, 0.25) is 0 Å². The Morgan fingerprint density at radius 1 is 1.16 bits per heavy atom. The molecule has 3 aromatic rings. The van der Waals surface area contributed by atoms with E-state index < -0.39 is 0 Å². The summed E-state index contributed by atoms with van der Waals surface area (Å²) in [5, 5.41) is 18.5. The SMILES string of the molecule is Cc1ccn(-c2ccc(NCCNC(=O)c3cccc(I)c3)nn2)n1. The van der Waals surface area contributed by atoms with E-state index in [9.17, 15) is 4.79 Å². The number of nitrogens with one attached hydrogen (secondary N) is 2. The summed E-state index contributed by atoms with van der Waals surface area (Å²) in [7, 11) is 0. The first-order chi connectivity index (χ1) is 12.1. The van der Waals surface area contributed by atoms with Crippen molar-refractivity contribution < 1.29 is 4.79 Å². The Bertz CT molecular complexity index is 862. The van der Waals surface area contributed by atoms with E-state index in [-0.39, 0.29) is 5.91 Å². The van der Waals surface area contributed by atoms with Crippen molar-refractivity contribution in [2.45, 2.75) is 6.92 Å². The number of nitrogens with zero attached hydrogens (tertiary/aromatic N) is 4. The van der Waals surface area contributed by atoms with Gasteiger partial charge in [0.15, 0.2) is 5.82 Å². The van der Waals surface area contributed by atoms with Crippen LogP contribution in [0.4, 0.5) is 5.82 Å². The minimum absolute atomic E-state index is 0.0872. The quantitative estimate of drug-likeness (QED) is 0.447. The highest BCUT2D eigenvalue weighted by atomic mass is 127. The smallest absolute Gasteiger partial charge is 0.251 e. The summed E-state index contributed by atoms with van der Waals surface area (Å²) >= 11 is 2.19. The largest absolute Gasteiger partial charge is 0.367 e. The zero-order valence-electron chi connectivity index (χ0n) is 13.6. The molecule has 0 atom stereocenters. The number of carbonyl (C=O) groups excluding carboxylic acids is 1. The number of rotatable bonds is 6. The summed E-state index contributed by atoms with van der Waals surface area (Å²) < 4.78 is 2.71. The van der Waals surface area contributed by atoms with Crippen LogP contribution in [0.2, 0.25) is 0 Å². The van der Waals surface area contributed by atoms with Crippen LogP contribution in [0.15, 0.2) is 48.7 Å². The zero-order chi connectivity index (χ0) is 17.6. The number of aryl methyl sites for hydroxylation is 1. The molecule has 1 amide bonds. The lowest BCUT2D eigenvalue weighted by Crippen LogP contribution is -2.29. The summed E-state index contributed by atoms with van der Waals surface area (Å²) in [6.45, 7) is 2.97. The number of anilines is 1. The Kier molecular flexibility index (Phi) is 5.59. The molecule has 0 aliphatic heterocycles. The van der Waals surface area contributed by atoms with Gasteiger partial charge < -0.3 is 10.6 Å². The fourth-order valence-electron chi connectivity index (χ4n) is 2.18. The van der Waals surface area contributed by atoms with Gasteiger partial charge in [0.05, 0.1) is 5.69 Å². The van der Waals surface area contributed by atoms with E-state index in [4.69, 9.17) is 0 Å². The predicted molar refractivity (Wildman–Crippen MR) is 104 cm³/mol. The van der Waals surface area contributed by atoms with Crippen molar-refractivity contribution in [2.24, 2.45) is 0 Å². The number of benzene rings is 1. The molecule has 0 bridgehead atoms. The van der Waals surface area contributed by atoms with E-state index >= 15 is 0 Å². The minimum Gasteiger partial charge on any atom is -0.367 e. The highest BCUT2D eigenvalue weighted by Gasteiger charge is 2.05. The molecule has 2 aromatic heterocycles. The van der Waals surface area contributed by atoms with E-state index in [0.29, 0.717) is 30.3 Å². The molecule has 128 valence electrons. The van der Waals surface area contributed by atoms with Crippen LogP contribution in [0.25, 0.3) is 5.82 Å². The second-order valence-electron chi connectivity index (χ2n) is 5.37. The van der Waals surface area contributed by atoms with Gasteiger partial charge >= 0.3 is 0 Å². The average Bonchev–Trinajstić information content (AvgIpc) is 3.05. The maximum atomic E-state index is 12.0. The topological polar surface area (TPSA) is 84.7 Å². The van der Waals surface area contributed by atoms with Crippen molar-refractivity contribution in [1.82, 2.24) is 25.3 Å². The van der Waals surface area contributed by atoms with Gasteiger partial charge in [-0.05, 0) is 65.9 Å². The lowest BCUT2D eigenvalue weighted by Gasteiger charge is -2.08. The van der Waals surface area contributed by atoms with E-state index in [0.717, 1.165) is 9.26 Å². The zero-order valence-corrected chi connectivity index (χ0v) is 15.8. The fourth-order valence-corrected chi connectivity index (χ4v) is 2.73. The monoisotopic (exact) mass is 448 g/mol. The summed E-state index contributed by atoms with van der Waals surface area (Å²) in [5.74, 6) is 1.22. The molecule has 8 heteroatoms. The van der Waals surface area contributed by atoms with Crippen LogP contribution in [0.3, 0.4) is 0 Å². The standard InChI is InChI=1S/C17H17IN6O/c1-12-7-10-24(23-12)16-6-5-15(21-22-16)19-8-9-20-17(25)13-3-2-4-14(18)11-13/h2-7,10-11H,8-9H2,1H3,(H,19,21)(H,20,25). The molecule has 0 radical (unpaired) electrons. The van der Waals surface area contributed by atoms with Crippen LogP contribution < -0.4 is 10.6 Å². The number of hydrogen-bond acceptors (Lipinski definition) is 5. The fraction of sp³-hybridized carbons (Fsp3) is 0.176. The Balaban J connectivity index is 1.47. The lowest BCUT2D eigenvalue weighted by molar-refractivity contribution is 0.0955. The predicted octanol–water partition coefficient (Wildman–Crippen LogP) is 2.42. The molecule has 0 aliphatic carbocycles. The molecular formula is C17H17IN6O. The molecule has 25 heavy (non-hydrogen) atoms. The number of aromatic nitrogens is 4. The molecule has 0 fully saturated rings. The first-order valence-electron chi connectivity index (χ1n) is 7.76. The molecule has 0 spiro atoms. The second-order valence-corrected chi connectivity index (χ2v) is 6.62. The Morgan fingerprint density at radius 3 is 2.72 bits per heavy atom. The molecule has 2 N–H and O–H groups in total. The average molecular weight is 448 g/mol. The van der Waals surface area contributed by atoms with Gasteiger partial charge in [0, 0.05) is 28.4 Å². The maximum Gasteiger partial charge on any atom is 0.251 e. The van der Waals surface area contributed by atoms with Gasteiger partial charge in [-0.2, -0.15) is 5.10 Å². The maximum absolute atomic E-state index is 12.0. The summed E-state index contributed by atoms with van der Waals surface area (Å²) in [6, 6.07) is 13.0. The molecule has 0 aliphatic rings. The third kappa shape index (κ3) is 4.75. The number of carbonyl (C=O) groups is 1. The van der Waals surface area contributed by atoms with Crippen molar-refractivity contribution in [3.05, 3.63) is 63.5 Å². The number of hydrogen-bond donors (Lipinski definition) is 2. The van der Waals surface area contributed by atoms with Crippen molar-refractivity contribution in [3.63, 3.8) is 0 Å². The normalized spacial score (nSPS) is 10.5. The van der Waals surface area contributed by atoms with E-state index in [2.05, 4.69) is 48.5 Å². The van der Waals surface area contributed by atoms with Crippen LogP contribution in [0.5, 0.6) is 0 Å². The Labute approximate surface area is 159 Å². The van der Waals surface area contributed by atoms with Crippen LogP contribution in [0.1, 0.15) is 16.1 Å². The molecule has 0 saturated heterocycles. The molecule has 7 nitrogen and oxygen atoms in total. The number of halogens is 1. The molecule has 0 saturated carbocycles. The summed E-state index contributed by atoms with van der Waals surface area (Å²) in [6.07, 6.45) is 1.84. The molecule has 0 unspecified atom stereocenters. The highest BCUT2D eigenvalue weighted by molar-refractivity contribution is 14.1. The van der Waals surface area contributed by atoms with Gasteiger partial charge in [0.25, 0.3) is 5.91 Å². The Hall–Kier alpha value is -2.49. The van der Waals surface area contributed by atoms with E-state index in [1.165, 1.54) is 0 Å². The van der Waals surface area contributed by atoms with Gasteiger partial charge in [-0.15, -0.1) is 10.2 Å². The van der Waals surface area contributed by atoms with Crippen LogP contribution in [0, 0.1) is 10.5 Å². The third-order valence-electron chi connectivity index (χ3n) is 3.41. The van der Waals surface area contributed by atoms with E-state index in [1.807, 2.05) is 49.5 Å². The van der Waals surface area contributed by atoms with Crippen LogP contribution in [-0.4, -0.2) is 39.0 Å². The van der Waals surface area contributed by atoms with E-state index in [1.54, 1.807) is 10.7 Å². The van der Waals surface area contributed by atoms with Gasteiger partial charge in [-0.1, -0.05) is 6.07 Å². The second kappa shape index (κ2) is 8.06. The van der Waals surface area contributed by atoms with Crippen molar-refractivity contribution in [2.75, 3.05) is 18.4 Å². The minimum atomic E-state index is -0.0872. The van der Waals surface area contributed by atoms with Crippen molar-refractivity contribution in [1.29, 1.82) is 0 Å². The van der Waals surface area contributed by atoms with Crippen LogP contribution in [-0.2, 0) is 0 Å². The Morgan fingerprint density at radius 2 is 2.04 bits per heavy atom. The third-order valence-corrected chi connectivity index (χ3v) is 4.08. The molecular weight excluding hydrogens is 431 g/mol. The van der Waals surface area contributed by atoms with Crippen molar-refractivity contribution >= 4 is 34.3 Å². The van der Waals surface area contributed by atoms with Gasteiger partial charge in [-0.3, -0.25) is 4.79 Å². The molecule has 2 heterocycles. The number of amides is 1. The van der Waals surface area contributed by atoms with Gasteiger partial charge in [-0.25, -0.2) is 4.68 Å². The summed E-state index contributed by atoms with van der Waals surface area (Å²) in [4.78, 5) is 12.0. The highest BCUT2D eigenvalue weighted by Crippen LogP contribution is 2.08. The van der Waals surface area contributed by atoms with Crippen LogP contribution >= 0.6 is 22.6 Å². The first kappa shape index (κ1) is 17.3. The lowest BCUT2D eigenvalue weighted by atomic mass is 10.2. The summed E-state index contributed by atoms with van der Waals surface area (Å²) in [5.41, 5.74) is 1.58. The molecule has 1 aromatic carbocycles. The van der Waals surface area contributed by atoms with Gasteiger partial charge in [0.1, 0.15) is 5.82 Å². The van der Waals surface area contributed by atoms with Crippen molar-refractivity contribution in [3.8, 4) is 5.82 Å². The molecule has 3 rings (SSSR count). The first-order valence-corrected chi connectivity index (χ1v) is 8.84.